The summed E-state index contributed by atoms with van der Waals surface area (Å²) in [5.41, 5.74) is 3.67. The SMILES string of the molecule is COc1ccc(N2CC(c3nc4ccccc4n3CC(=O)N(Cc3ccccc3)C(C)C)CC2=O)cc1. The molecule has 1 atom stereocenters. The number of nitrogens with zero attached hydrogens (tertiary/aromatic N) is 4. The van der Waals surface area contributed by atoms with Gasteiger partial charge in [0.2, 0.25) is 11.8 Å². The van der Waals surface area contributed by atoms with E-state index in [0.29, 0.717) is 19.5 Å². The standard InChI is InChI=1S/C30H32N4O3/c1-21(2)32(18-22-9-5-4-6-10-22)29(36)20-34-27-12-8-7-11-26(27)31-30(34)23-17-28(35)33(19-23)24-13-15-25(37-3)16-14-24/h4-16,21,23H,17-20H2,1-3H3. The zero-order valence-corrected chi connectivity index (χ0v) is 21.5. The summed E-state index contributed by atoms with van der Waals surface area (Å²) in [7, 11) is 1.62. The number of anilines is 1. The van der Waals surface area contributed by atoms with E-state index in [0.717, 1.165) is 33.9 Å². The lowest BCUT2D eigenvalue weighted by atomic mass is 10.1. The van der Waals surface area contributed by atoms with Crippen LogP contribution in [0.3, 0.4) is 0 Å². The number of carbonyl (C=O) groups excluding carboxylic acids is 2. The number of imidazole rings is 1. The van der Waals surface area contributed by atoms with Gasteiger partial charge >= 0.3 is 0 Å². The number of hydrogen-bond donors (Lipinski definition) is 0. The molecule has 1 aliphatic rings. The number of amides is 2. The smallest absolute Gasteiger partial charge is 0.243 e. The number of hydrogen-bond acceptors (Lipinski definition) is 4. The van der Waals surface area contributed by atoms with Gasteiger partial charge in [0, 0.05) is 37.2 Å². The van der Waals surface area contributed by atoms with Crippen LogP contribution in [0.4, 0.5) is 5.69 Å². The van der Waals surface area contributed by atoms with Gasteiger partial charge in [-0.2, -0.15) is 0 Å². The highest BCUT2D eigenvalue weighted by Crippen LogP contribution is 2.34. The second-order valence-corrected chi connectivity index (χ2v) is 9.75. The first kappa shape index (κ1) is 24.6. The summed E-state index contributed by atoms with van der Waals surface area (Å²) >= 11 is 0. The van der Waals surface area contributed by atoms with Crippen molar-refractivity contribution in [1.29, 1.82) is 0 Å². The molecule has 7 heteroatoms. The molecule has 3 aromatic carbocycles. The normalized spacial score (nSPS) is 15.5. The van der Waals surface area contributed by atoms with Crippen LogP contribution in [0.15, 0.2) is 78.9 Å². The molecule has 5 rings (SSSR count). The van der Waals surface area contributed by atoms with Crippen LogP contribution in [-0.2, 0) is 22.7 Å². The van der Waals surface area contributed by atoms with Crippen LogP contribution in [-0.4, -0.2) is 46.0 Å². The third kappa shape index (κ3) is 5.07. The fraction of sp³-hybridized carbons (Fsp3) is 0.300. The number of aromatic nitrogens is 2. The Balaban J connectivity index is 1.43. The van der Waals surface area contributed by atoms with Crippen molar-refractivity contribution in [3.05, 3.63) is 90.3 Å². The molecule has 1 fully saturated rings. The Bertz CT molecular complexity index is 1400. The van der Waals surface area contributed by atoms with E-state index in [1.165, 1.54) is 0 Å². The Hall–Kier alpha value is -4.13. The number of ether oxygens (including phenoxy) is 1. The predicted octanol–water partition coefficient (Wildman–Crippen LogP) is 5.00. The summed E-state index contributed by atoms with van der Waals surface area (Å²) in [5, 5.41) is 0. The summed E-state index contributed by atoms with van der Waals surface area (Å²) in [5.74, 6) is 1.49. The fourth-order valence-electron chi connectivity index (χ4n) is 5.03. The highest BCUT2D eigenvalue weighted by Gasteiger charge is 2.35. The van der Waals surface area contributed by atoms with E-state index in [1.807, 2.05) is 102 Å². The van der Waals surface area contributed by atoms with Crippen LogP contribution in [0.5, 0.6) is 5.75 Å². The van der Waals surface area contributed by atoms with E-state index in [9.17, 15) is 9.59 Å². The van der Waals surface area contributed by atoms with Gasteiger partial charge in [-0.25, -0.2) is 4.98 Å². The van der Waals surface area contributed by atoms with E-state index < -0.39 is 0 Å². The first-order valence-electron chi connectivity index (χ1n) is 12.7. The molecule has 2 amide bonds. The van der Waals surface area contributed by atoms with E-state index in [4.69, 9.17) is 9.72 Å². The van der Waals surface area contributed by atoms with E-state index in [2.05, 4.69) is 0 Å². The zero-order valence-electron chi connectivity index (χ0n) is 21.5. The van der Waals surface area contributed by atoms with Gasteiger partial charge in [-0.3, -0.25) is 9.59 Å². The van der Waals surface area contributed by atoms with Crippen LogP contribution >= 0.6 is 0 Å². The van der Waals surface area contributed by atoms with Crippen LogP contribution in [0.25, 0.3) is 11.0 Å². The number of fused-ring (bicyclic) bond motifs is 1. The molecule has 37 heavy (non-hydrogen) atoms. The maximum Gasteiger partial charge on any atom is 0.243 e. The second-order valence-electron chi connectivity index (χ2n) is 9.75. The molecule has 1 aromatic heterocycles. The Morgan fingerprint density at radius 2 is 1.73 bits per heavy atom. The van der Waals surface area contributed by atoms with Gasteiger partial charge in [-0.05, 0) is 55.8 Å². The average Bonchev–Trinajstić information content (AvgIpc) is 3.48. The molecule has 1 unspecified atom stereocenters. The average molecular weight is 497 g/mol. The van der Waals surface area contributed by atoms with Crippen molar-refractivity contribution in [3.63, 3.8) is 0 Å². The molecule has 1 aliphatic heterocycles. The molecule has 0 aliphatic carbocycles. The topological polar surface area (TPSA) is 67.7 Å². The van der Waals surface area contributed by atoms with Gasteiger partial charge in [0.05, 0.1) is 18.1 Å². The number of methoxy groups -OCH3 is 1. The number of carbonyl (C=O) groups is 2. The maximum atomic E-state index is 13.7. The molecule has 1 saturated heterocycles. The minimum absolute atomic E-state index is 0.0274. The molecule has 0 radical (unpaired) electrons. The van der Waals surface area contributed by atoms with Gasteiger partial charge in [0.15, 0.2) is 0 Å². The molecule has 0 saturated carbocycles. The van der Waals surface area contributed by atoms with Gasteiger partial charge in [-0.15, -0.1) is 0 Å². The summed E-state index contributed by atoms with van der Waals surface area (Å²) in [6.07, 6.45) is 0.349. The molecule has 2 heterocycles. The van der Waals surface area contributed by atoms with Crippen molar-refractivity contribution >= 4 is 28.5 Å². The molecule has 0 spiro atoms. The summed E-state index contributed by atoms with van der Waals surface area (Å²) in [6, 6.07) is 25.5. The highest BCUT2D eigenvalue weighted by molar-refractivity contribution is 5.96. The minimum Gasteiger partial charge on any atom is -0.497 e. The monoisotopic (exact) mass is 496 g/mol. The third-order valence-electron chi connectivity index (χ3n) is 6.99. The van der Waals surface area contributed by atoms with Crippen molar-refractivity contribution < 1.29 is 14.3 Å². The van der Waals surface area contributed by atoms with Gasteiger partial charge in [0.1, 0.15) is 18.1 Å². The lowest BCUT2D eigenvalue weighted by Crippen LogP contribution is -2.39. The van der Waals surface area contributed by atoms with Crippen LogP contribution < -0.4 is 9.64 Å². The van der Waals surface area contributed by atoms with E-state index in [-0.39, 0.29) is 30.3 Å². The molecule has 0 bridgehead atoms. The molecule has 4 aromatic rings. The highest BCUT2D eigenvalue weighted by atomic mass is 16.5. The number of para-hydroxylation sites is 2. The quantitative estimate of drug-likeness (QED) is 0.344. The molecular formula is C30H32N4O3. The molecule has 7 nitrogen and oxygen atoms in total. The second kappa shape index (κ2) is 10.5. The summed E-state index contributed by atoms with van der Waals surface area (Å²) in [4.78, 5) is 35.3. The third-order valence-corrected chi connectivity index (χ3v) is 6.99. The first-order chi connectivity index (χ1) is 17.9. The summed E-state index contributed by atoms with van der Waals surface area (Å²) in [6.45, 7) is 5.31. The Morgan fingerprint density at radius 1 is 1.03 bits per heavy atom. The fourth-order valence-corrected chi connectivity index (χ4v) is 5.03. The predicted molar refractivity (Wildman–Crippen MR) is 145 cm³/mol. The minimum atomic E-state index is -0.114. The van der Waals surface area contributed by atoms with Crippen molar-refractivity contribution in [2.45, 2.75) is 45.3 Å². The Kier molecular flexibility index (Phi) is 6.95. The van der Waals surface area contributed by atoms with Gasteiger partial charge < -0.3 is 19.1 Å². The van der Waals surface area contributed by atoms with E-state index >= 15 is 0 Å². The molecule has 190 valence electrons. The molecule has 0 N–H and O–H groups in total. The van der Waals surface area contributed by atoms with Crippen molar-refractivity contribution in [2.24, 2.45) is 0 Å². The van der Waals surface area contributed by atoms with Gasteiger partial charge in [-0.1, -0.05) is 42.5 Å². The van der Waals surface area contributed by atoms with Crippen LogP contribution in [0.2, 0.25) is 0 Å². The lowest BCUT2D eigenvalue weighted by molar-refractivity contribution is -0.134. The molecular weight excluding hydrogens is 464 g/mol. The number of rotatable bonds is 8. The maximum absolute atomic E-state index is 13.7. The van der Waals surface area contributed by atoms with Gasteiger partial charge in [0.25, 0.3) is 0 Å². The van der Waals surface area contributed by atoms with Crippen molar-refractivity contribution in [2.75, 3.05) is 18.6 Å². The summed E-state index contributed by atoms with van der Waals surface area (Å²) < 4.78 is 7.26. The van der Waals surface area contributed by atoms with Crippen LogP contribution in [0.1, 0.15) is 37.6 Å². The Labute approximate surface area is 217 Å². The van der Waals surface area contributed by atoms with Crippen molar-refractivity contribution in [1.82, 2.24) is 14.5 Å². The van der Waals surface area contributed by atoms with Crippen LogP contribution in [0, 0.1) is 0 Å². The zero-order chi connectivity index (χ0) is 25.9. The van der Waals surface area contributed by atoms with Crippen molar-refractivity contribution in [3.8, 4) is 5.75 Å². The lowest BCUT2D eigenvalue weighted by Gasteiger charge is -2.28. The van der Waals surface area contributed by atoms with E-state index in [1.54, 1.807) is 12.0 Å². The number of benzene rings is 3. The largest absolute Gasteiger partial charge is 0.497 e. The Morgan fingerprint density at radius 3 is 2.43 bits per heavy atom. The first-order valence-corrected chi connectivity index (χ1v) is 12.7.